The number of halogens is 1. The molecule has 1 aromatic rings. The molecule has 0 aromatic carbocycles. The van der Waals surface area contributed by atoms with Crippen molar-refractivity contribution in [2.75, 3.05) is 44.7 Å². The molecule has 2 rings (SSSR count). The number of hydrogen-bond donors (Lipinski definition) is 1. The van der Waals surface area contributed by atoms with Crippen LogP contribution in [0.4, 0.5) is 10.2 Å². The van der Waals surface area contributed by atoms with Crippen molar-refractivity contribution in [3.8, 4) is 0 Å². The Hall–Kier alpha value is -1.20. The summed E-state index contributed by atoms with van der Waals surface area (Å²) in [5, 5.41) is 2.98. The first-order valence-corrected chi connectivity index (χ1v) is 6.51. The molecule has 1 aliphatic heterocycles. The third kappa shape index (κ3) is 2.79. The Bertz CT molecular complexity index is 389. The molecule has 0 amide bonds. The Morgan fingerprint density at radius 3 is 2.67 bits per heavy atom. The summed E-state index contributed by atoms with van der Waals surface area (Å²) in [6.45, 7) is 7.41. The van der Waals surface area contributed by atoms with Crippen molar-refractivity contribution in [3.05, 3.63) is 23.6 Å². The summed E-state index contributed by atoms with van der Waals surface area (Å²) in [5.41, 5.74) is 0.681. The Labute approximate surface area is 108 Å². The zero-order valence-corrected chi connectivity index (χ0v) is 11.1. The van der Waals surface area contributed by atoms with Gasteiger partial charge in [0, 0.05) is 44.5 Å². The third-order valence-electron chi connectivity index (χ3n) is 3.44. The fraction of sp³-hybridized carbons (Fsp3) is 0.615. The van der Waals surface area contributed by atoms with Crippen molar-refractivity contribution in [3.63, 3.8) is 0 Å². The maximum atomic E-state index is 14.3. The molecule has 0 saturated carbocycles. The molecule has 0 unspecified atom stereocenters. The molecule has 0 atom stereocenters. The summed E-state index contributed by atoms with van der Waals surface area (Å²) >= 11 is 0. The van der Waals surface area contributed by atoms with Gasteiger partial charge in [-0.15, -0.1) is 0 Å². The van der Waals surface area contributed by atoms with Gasteiger partial charge in [-0.05, 0) is 19.7 Å². The average Bonchev–Trinajstić information content (AvgIpc) is 2.42. The van der Waals surface area contributed by atoms with E-state index in [1.54, 1.807) is 12.3 Å². The molecule has 4 nitrogen and oxygen atoms in total. The van der Waals surface area contributed by atoms with Gasteiger partial charge >= 0.3 is 0 Å². The van der Waals surface area contributed by atoms with Crippen molar-refractivity contribution in [1.82, 2.24) is 15.2 Å². The van der Waals surface area contributed by atoms with Gasteiger partial charge in [0.05, 0.1) is 0 Å². The SMILES string of the molecule is CCN1CCN(c2nccc(CNC)c2F)CC1. The Balaban J connectivity index is 2.11. The first kappa shape index (κ1) is 13.2. The van der Waals surface area contributed by atoms with Gasteiger partial charge in [0.1, 0.15) is 0 Å². The maximum Gasteiger partial charge on any atom is 0.170 e. The second kappa shape index (κ2) is 6.11. The number of nitrogens with one attached hydrogen (secondary N) is 1. The highest BCUT2D eigenvalue weighted by atomic mass is 19.1. The summed E-state index contributed by atoms with van der Waals surface area (Å²) in [5.74, 6) is 0.315. The Morgan fingerprint density at radius 2 is 2.06 bits per heavy atom. The number of anilines is 1. The minimum Gasteiger partial charge on any atom is -0.352 e. The van der Waals surface area contributed by atoms with Gasteiger partial charge in [-0.2, -0.15) is 0 Å². The molecule has 0 aliphatic carbocycles. The number of rotatable bonds is 4. The fourth-order valence-electron chi connectivity index (χ4n) is 2.29. The molecular formula is C13H21FN4. The molecule has 2 heterocycles. The summed E-state index contributed by atoms with van der Waals surface area (Å²) < 4.78 is 14.3. The molecule has 0 radical (unpaired) electrons. The van der Waals surface area contributed by atoms with Gasteiger partial charge in [-0.25, -0.2) is 9.37 Å². The molecular weight excluding hydrogens is 231 g/mol. The van der Waals surface area contributed by atoms with E-state index in [0.717, 1.165) is 32.7 Å². The Morgan fingerprint density at radius 1 is 1.33 bits per heavy atom. The van der Waals surface area contributed by atoms with E-state index in [4.69, 9.17) is 0 Å². The minimum absolute atomic E-state index is 0.184. The number of hydrogen-bond acceptors (Lipinski definition) is 4. The smallest absolute Gasteiger partial charge is 0.170 e. The standard InChI is InChI=1S/C13H21FN4/c1-3-17-6-8-18(9-7-17)13-12(14)11(10-15-2)4-5-16-13/h4-5,15H,3,6-10H2,1-2H3. The quantitative estimate of drug-likeness (QED) is 0.869. The monoisotopic (exact) mass is 252 g/mol. The van der Waals surface area contributed by atoms with E-state index < -0.39 is 0 Å². The summed E-state index contributed by atoms with van der Waals surface area (Å²) in [6, 6.07) is 1.73. The number of aromatic nitrogens is 1. The van der Waals surface area contributed by atoms with Gasteiger partial charge in [-0.1, -0.05) is 6.92 Å². The lowest BCUT2D eigenvalue weighted by Gasteiger charge is -2.35. The number of nitrogens with zero attached hydrogens (tertiary/aromatic N) is 3. The van der Waals surface area contributed by atoms with Crippen LogP contribution in [0, 0.1) is 5.82 Å². The fourth-order valence-corrected chi connectivity index (χ4v) is 2.29. The van der Waals surface area contributed by atoms with E-state index >= 15 is 0 Å². The van der Waals surface area contributed by atoms with Crippen molar-refractivity contribution in [2.24, 2.45) is 0 Å². The lowest BCUT2D eigenvalue weighted by Crippen LogP contribution is -2.46. The van der Waals surface area contributed by atoms with Crippen LogP contribution in [0.1, 0.15) is 12.5 Å². The van der Waals surface area contributed by atoms with Crippen LogP contribution in [0.25, 0.3) is 0 Å². The summed E-state index contributed by atoms with van der Waals surface area (Å²) in [6.07, 6.45) is 1.69. The topological polar surface area (TPSA) is 31.4 Å². The minimum atomic E-state index is -0.184. The lowest BCUT2D eigenvalue weighted by atomic mass is 10.2. The van der Waals surface area contributed by atoms with Crippen LogP contribution < -0.4 is 10.2 Å². The number of likely N-dealkylation sites (N-methyl/N-ethyl adjacent to an activating group) is 1. The average molecular weight is 252 g/mol. The van der Waals surface area contributed by atoms with Gasteiger partial charge in [0.2, 0.25) is 0 Å². The highest BCUT2D eigenvalue weighted by Crippen LogP contribution is 2.20. The second-order valence-electron chi connectivity index (χ2n) is 4.56. The van der Waals surface area contributed by atoms with Crippen molar-refractivity contribution in [2.45, 2.75) is 13.5 Å². The molecule has 0 spiro atoms. The largest absolute Gasteiger partial charge is 0.352 e. The molecule has 1 aliphatic rings. The van der Waals surface area contributed by atoms with Gasteiger partial charge < -0.3 is 15.1 Å². The van der Waals surface area contributed by atoms with E-state index in [-0.39, 0.29) is 5.82 Å². The number of pyridine rings is 1. The zero-order valence-electron chi connectivity index (χ0n) is 11.1. The molecule has 1 saturated heterocycles. The molecule has 0 bridgehead atoms. The molecule has 5 heteroatoms. The zero-order chi connectivity index (χ0) is 13.0. The second-order valence-corrected chi connectivity index (χ2v) is 4.56. The summed E-state index contributed by atoms with van der Waals surface area (Å²) in [7, 11) is 1.82. The third-order valence-corrected chi connectivity index (χ3v) is 3.44. The highest BCUT2D eigenvalue weighted by molar-refractivity contribution is 5.43. The van der Waals surface area contributed by atoms with Crippen LogP contribution >= 0.6 is 0 Å². The van der Waals surface area contributed by atoms with Crippen molar-refractivity contribution < 1.29 is 4.39 Å². The van der Waals surface area contributed by atoms with Crippen LogP contribution in [0.15, 0.2) is 12.3 Å². The van der Waals surface area contributed by atoms with Crippen LogP contribution in [0.2, 0.25) is 0 Å². The molecule has 1 N–H and O–H groups in total. The van der Waals surface area contributed by atoms with Gasteiger partial charge in [-0.3, -0.25) is 0 Å². The predicted molar refractivity (Wildman–Crippen MR) is 71.3 cm³/mol. The molecule has 1 aromatic heterocycles. The Kier molecular flexibility index (Phi) is 4.49. The van der Waals surface area contributed by atoms with Crippen LogP contribution in [-0.4, -0.2) is 49.7 Å². The normalized spacial score (nSPS) is 17.2. The van der Waals surface area contributed by atoms with Crippen LogP contribution in [0.3, 0.4) is 0 Å². The van der Waals surface area contributed by atoms with Crippen LogP contribution in [0.5, 0.6) is 0 Å². The molecule has 1 fully saturated rings. The van der Waals surface area contributed by atoms with E-state index in [2.05, 4.69) is 22.1 Å². The van der Waals surface area contributed by atoms with E-state index in [1.807, 2.05) is 11.9 Å². The predicted octanol–water partition coefficient (Wildman–Crippen LogP) is 1.08. The van der Waals surface area contributed by atoms with Crippen LogP contribution in [-0.2, 0) is 6.54 Å². The first-order chi connectivity index (χ1) is 8.76. The summed E-state index contributed by atoms with van der Waals surface area (Å²) in [4.78, 5) is 8.61. The molecule has 18 heavy (non-hydrogen) atoms. The highest BCUT2D eigenvalue weighted by Gasteiger charge is 2.20. The van der Waals surface area contributed by atoms with Crippen molar-refractivity contribution >= 4 is 5.82 Å². The first-order valence-electron chi connectivity index (χ1n) is 6.51. The lowest BCUT2D eigenvalue weighted by molar-refractivity contribution is 0.269. The van der Waals surface area contributed by atoms with E-state index in [9.17, 15) is 4.39 Å². The van der Waals surface area contributed by atoms with Gasteiger partial charge in [0.25, 0.3) is 0 Å². The van der Waals surface area contributed by atoms with E-state index in [1.165, 1.54) is 0 Å². The van der Waals surface area contributed by atoms with Crippen molar-refractivity contribution in [1.29, 1.82) is 0 Å². The number of piperazine rings is 1. The van der Waals surface area contributed by atoms with E-state index in [0.29, 0.717) is 17.9 Å². The maximum absolute atomic E-state index is 14.3. The van der Waals surface area contributed by atoms with Gasteiger partial charge in [0.15, 0.2) is 11.6 Å². The molecule has 100 valence electrons.